The molecule has 0 radical (unpaired) electrons. The van der Waals surface area contributed by atoms with Crippen molar-refractivity contribution in [2.75, 3.05) is 18.9 Å². The number of aromatic nitrogens is 2. The first-order valence-electron chi connectivity index (χ1n) is 8.88. The Morgan fingerprint density at radius 3 is 2.96 bits per heavy atom. The first kappa shape index (κ1) is 16.2. The van der Waals surface area contributed by atoms with E-state index in [1.807, 2.05) is 23.0 Å². The number of benzene rings is 1. The summed E-state index contributed by atoms with van der Waals surface area (Å²) in [6.45, 7) is 3.50. The number of anilines is 2. The standard InChI is InChI=1S/C20H20N4S2/c1-12-14(6-8-24(12)2)19-10-15-16(5-7-21-20(15)26-19)23-13-3-4-18-17(9-13)22-11-25-18/h3-5,7,9-12,14H,6,8H2,1-2H3,(H,21,23)/t12-,14-/m0/s1. The molecule has 0 bridgehead atoms. The molecular formula is C20H20N4S2. The van der Waals surface area contributed by atoms with Crippen molar-refractivity contribution in [2.45, 2.75) is 25.3 Å². The van der Waals surface area contributed by atoms with Gasteiger partial charge in [-0.3, -0.25) is 0 Å². The van der Waals surface area contributed by atoms with E-state index in [0.717, 1.165) is 21.7 Å². The van der Waals surface area contributed by atoms with E-state index in [2.05, 4.69) is 64.5 Å². The topological polar surface area (TPSA) is 41.1 Å². The minimum atomic E-state index is 0.589. The summed E-state index contributed by atoms with van der Waals surface area (Å²) in [5, 5.41) is 4.79. The third kappa shape index (κ3) is 2.69. The lowest BCUT2D eigenvalue weighted by atomic mass is 9.99. The van der Waals surface area contributed by atoms with Gasteiger partial charge >= 0.3 is 0 Å². The number of nitrogens with one attached hydrogen (secondary N) is 1. The molecule has 3 aromatic heterocycles. The lowest BCUT2D eigenvalue weighted by Gasteiger charge is -2.19. The van der Waals surface area contributed by atoms with E-state index in [1.165, 1.54) is 27.9 Å². The first-order valence-corrected chi connectivity index (χ1v) is 10.6. The van der Waals surface area contributed by atoms with Crippen molar-refractivity contribution in [1.82, 2.24) is 14.9 Å². The van der Waals surface area contributed by atoms with Gasteiger partial charge in [0.2, 0.25) is 0 Å². The highest BCUT2D eigenvalue weighted by Crippen LogP contribution is 2.40. The van der Waals surface area contributed by atoms with Gasteiger partial charge in [-0.2, -0.15) is 0 Å². The molecule has 1 saturated heterocycles. The number of fused-ring (bicyclic) bond motifs is 2. The van der Waals surface area contributed by atoms with Gasteiger partial charge in [0.15, 0.2) is 0 Å². The maximum absolute atomic E-state index is 4.62. The van der Waals surface area contributed by atoms with Crippen molar-refractivity contribution in [3.8, 4) is 0 Å². The fraction of sp³-hybridized carbons (Fsp3) is 0.300. The number of likely N-dealkylation sites (tertiary alicyclic amines) is 1. The third-order valence-electron chi connectivity index (χ3n) is 5.50. The predicted octanol–water partition coefficient (Wildman–Crippen LogP) is 5.46. The Hall–Kier alpha value is -2.02. The van der Waals surface area contributed by atoms with Crippen molar-refractivity contribution in [3.63, 3.8) is 0 Å². The fourth-order valence-corrected chi connectivity index (χ4v) is 5.73. The number of hydrogen-bond acceptors (Lipinski definition) is 6. The molecular weight excluding hydrogens is 360 g/mol. The van der Waals surface area contributed by atoms with E-state index in [1.54, 1.807) is 11.3 Å². The number of thiazole rings is 1. The van der Waals surface area contributed by atoms with Gasteiger partial charge in [-0.25, -0.2) is 9.97 Å². The van der Waals surface area contributed by atoms with Gasteiger partial charge in [0, 0.05) is 34.1 Å². The molecule has 0 amide bonds. The monoisotopic (exact) mass is 380 g/mol. The van der Waals surface area contributed by atoms with E-state index >= 15 is 0 Å². The minimum Gasteiger partial charge on any atom is -0.355 e. The number of rotatable bonds is 3. The average Bonchev–Trinajstić information content (AvgIpc) is 3.34. The Labute approximate surface area is 160 Å². The van der Waals surface area contributed by atoms with Crippen LogP contribution in [-0.2, 0) is 0 Å². The van der Waals surface area contributed by atoms with Crippen LogP contribution in [0.3, 0.4) is 0 Å². The zero-order chi connectivity index (χ0) is 17.7. The van der Waals surface area contributed by atoms with Crippen molar-refractivity contribution in [2.24, 2.45) is 0 Å². The van der Waals surface area contributed by atoms with Crippen molar-refractivity contribution < 1.29 is 0 Å². The number of hydrogen-bond donors (Lipinski definition) is 1. The molecule has 1 aliphatic rings. The van der Waals surface area contributed by atoms with Crippen LogP contribution < -0.4 is 5.32 Å². The summed E-state index contributed by atoms with van der Waals surface area (Å²) in [5.41, 5.74) is 5.12. The third-order valence-corrected chi connectivity index (χ3v) is 7.48. The summed E-state index contributed by atoms with van der Waals surface area (Å²) < 4.78 is 1.22. The fourth-order valence-electron chi connectivity index (χ4n) is 3.82. The maximum Gasteiger partial charge on any atom is 0.125 e. The summed E-state index contributed by atoms with van der Waals surface area (Å²) in [4.78, 5) is 14.0. The second kappa shape index (κ2) is 6.30. The Kier molecular flexibility index (Phi) is 3.92. The number of nitrogens with zero attached hydrogens (tertiary/aromatic N) is 3. The van der Waals surface area contributed by atoms with E-state index in [9.17, 15) is 0 Å². The highest BCUT2D eigenvalue weighted by atomic mass is 32.1. The van der Waals surface area contributed by atoms with E-state index < -0.39 is 0 Å². The molecule has 0 saturated carbocycles. The predicted molar refractivity (Wildman–Crippen MR) is 112 cm³/mol. The molecule has 132 valence electrons. The Morgan fingerprint density at radius 1 is 1.19 bits per heavy atom. The van der Waals surface area contributed by atoms with Crippen LogP contribution in [0, 0.1) is 0 Å². The normalized spacial score (nSPS) is 21.0. The van der Waals surface area contributed by atoms with Gasteiger partial charge < -0.3 is 10.2 Å². The molecule has 4 aromatic rings. The van der Waals surface area contributed by atoms with Crippen molar-refractivity contribution in [1.29, 1.82) is 0 Å². The van der Waals surface area contributed by atoms with Gasteiger partial charge in [0.1, 0.15) is 4.83 Å². The lowest BCUT2D eigenvalue weighted by molar-refractivity contribution is 0.319. The molecule has 26 heavy (non-hydrogen) atoms. The molecule has 0 aliphatic carbocycles. The maximum atomic E-state index is 4.62. The van der Waals surface area contributed by atoms with E-state index in [0.29, 0.717) is 12.0 Å². The summed E-state index contributed by atoms with van der Waals surface area (Å²) >= 11 is 3.51. The van der Waals surface area contributed by atoms with Crippen LogP contribution in [0.15, 0.2) is 42.0 Å². The van der Waals surface area contributed by atoms with Crippen molar-refractivity contribution >= 4 is 54.5 Å². The number of likely N-dealkylation sites (N-methyl/N-ethyl adjacent to an activating group) is 1. The van der Waals surface area contributed by atoms with Crippen LogP contribution in [0.1, 0.15) is 24.1 Å². The van der Waals surface area contributed by atoms with Gasteiger partial charge in [-0.1, -0.05) is 0 Å². The van der Waals surface area contributed by atoms with Crippen molar-refractivity contribution in [3.05, 3.63) is 46.9 Å². The quantitative estimate of drug-likeness (QED) is 0.512. The molecule has 0 unspecified atom stereocenters. The first-order chi connectivity index (χ1) is 12.7. The zero-order valence-electron chi connectivity index (χ0n) is 14.8. The molecule has 6 heteroatoms. The molecule has 1 aromatic carbocycles. The molecule has 5 rings (SSSR count). The molecule has 4 nitrogen and oxygen atoms in total. The SMILES string of the molecule is C[C@H]1[C@@H](c2cc3c(Nc4ccc5scnc5c4)ccnc3s2)CCN1C. The van der Waals surface area contributed by atoms with Crippen LogP contribution in [-0.4, -0.2) is 34.5 Å². The molecule has 1 N–H and O–H groups in total. The summed E-state index contributed by atoms with van der Waals surface area (Å²) in [6, 6.07) is 11.4. The van der Waals surface area contributed by atoms with Gasteiger partial charge in [-0.05, 0) is 57.3 Å². The smallest absolute Gasteiger partial charge is 0.125 e. The number of thiophene rings is 1. The zero-order valence-corrected chi connectivity index (χ0v) is 16.4. The molecule has 1 fully saturated rings. The van der Waals surface area contributed by atoms with E-state index in [-0.39, 0.29) is 0 Å². The van der Waals surface area contributed by atoms with Crippen LogP contribution in [0.5, 0.6) is 0 Å². The highest BCUT2D eigenvalue weighted by Gasteiger charge is 2.30. The molecule has 2 atom stereocenters. The van der Waals surface area contributed by atoms with Gasteiger partial charge in [0.05, 0.1) is 21.4 Å². The average molecular weight is 381 g/mol. The van der Waals surface area contributed by atoms with Crippen LogP contribution in [0.4, 0.5) is 11.4 Å². The number of pyridine rings is 1. The summed E-state index contributed by atoms with van der Waals surface area (Å²) in [6.07, 6.45) is 3.13. The lowest BCUT2D eigenvalue weighted by Crippen LogP contribution is -2.24. The summed E-state index contributed by atoms with van der Waals surface area (Å²) in [7, 11) is 2.22. The second-order valence-electron chi connectivity index (χ2n) is 7.00. The highest BCUT2D eigenvalue weighted by molar-refractivity contribution is 7.18. The van der Waals surface area contributed by atoms with Gasteiger partial charge in [0.25, 0.3) is 0 Å². The Morgan fingerprint density at radius 2 is 2.12 bits per heavy atom. The molecule has 4 heterocycles. The van der Waals surface area contributed by atoms with E-state index in [4.69, 9.17) is 0 Å². The van der Waals surface area contributed by atoms with Crippen LogP contribution >= 0.6 is 22.7 Å². The van der Waals surface area contributed by atoms with Crippen LogP contribution in [0.2, 0.25) is 0 Å². The van der Waals surface area contributed by atoms with Crippen LogP contribution in [0.25, 0.3) is 20.4 Å². The minimum absolute atomic E-state index is 0.589. The van der Waals surface area contributed by atoms with Gasteiger partial charge in [-0.15, -0.1) is 22.7 Å². The second-order valence-corrected chi connectivity index (χ2v) is 8.95. The Bertz CT molecular complexity index is 1080. The molecule has 0 spiro atoms. The molecule has 1 aliphatic heterocycles. The summed E-state index contributed by atoms with van der Waals surface area (Å²) in [5.74, 6) is 0.610. The Balaban J connectivity index is 1.51. The largest absolute Gasteiger partial charge is 0.355 e.